The van der Waals surface area contributed by atoms with Gasteiger partial charge in [-0.1, -0.05) is 40.2 Å². The van der Waals surface area contributed by atoms with Crippen LogP contribution in [0.25, 0.3) is 0 Å². The fraction of sp³-hybridized carbons (Fsp3) is 0.125. The molecule has 0 radical (unpaired) electrons. The topological polar surface area (TPSA) is 84.6 Å². The van der Waals surface area contributed by atoms with Gasteiger partial charge in [-0.05, 0) is 23.8 Å². The molecule has 6 nitrogen and oxygen atoms in total. The predicted octanol–water partition coefficient (Wildman–Crippen LogP) is 3.74. The summed E-state index contributed by atoms with van der Waals surface area (Å²) < 4.78 is 0.999. The fourth-order valence-electron chi connectivity index (χ4n) is 1.86. The maximum atomic E-state index is 11.7. The van der Waals surface area contributed by atoms with Crippen molar-refractivity contribution < 1.29 is 9.72 Å². The Morgan fingerprint density at radius 2 is 2.08 bits per heavy atom. The zero-order chi connectivity index (χ0) is 17.4. The highest BCUT2D eigenvalue weighted by Crippen LogP contribution is 2.17. The zero-order valence-electron chi connectivity index (χ0n) is 12.5. The van der Waals surface area contributed by atoms with Crippen LogP contribution in [0.5, 0.6) is 0 Å². The van der Waals surface area contributed by atoms with Crippen LogP contribution in [0, 0.1) is 10.1 Å². The molecule has 2 aromatic carbocycles. The van der Waals surface area contributed by atoms with Gasteiger partial charge < -0.3 is 0 Å². The van der Waals surface area contributed by atoms with Gasteiger partial charge in [-0.25, -0.2) is 5.43 Å². The van der Waals surface area contributed by atoms with E-state index in [-0.39, 0.29) is 17.3 Å². The maximum Gasteiger partial charge on any atom is 0.278 e. The second-order valence-electron chi connectivity index (χ2n) is 4.73. The molecular weight excluding hydrogens is 394 g/mol. The predicted molar refractivity (Wildman–Crippen MR) is 99.1 cm³/mol. The van der Waals surface area contributed by atoms with Gasteiger partial charge in [0.2, 0.25) is 5.91 Å². The van der Waals surface area contributed by atoms with Crippen molar-refractivity contribution in [2.75, 3.05) is 5.75 Å². The third-order valence-electron chi connectivity index (χ3n) is 2.92. The van der Waals surface area contributed by atoms with Crippen LogP contribution >= 0.6 is 27.7 Å². The third kappa shape index (κ3) is 5.78. The molecule has 1 amide bonds. The number of hydrazone groups is 1. The van der Waals surface area contributed by atoms with Gasteiger partial charge >= 0.3 is 0 Å². The summed E-state index contributed by atoms with van der Waals surface area (Å²) in [7, 11) is 0. The molecule has 2 aromatic rings. The number of nitro groups is 1. The molecule has 0 aliphatic carbocycles. The van der Waals surface area contributed by atoms with E-state index in [0.29, 0.717) is 11.3 Å². The van der Waals surface area contributed by atoms with Crippen LogP contribution in [0.4, 0.5) is 5.69 Å². The second kappa shape index (κ2) is 9.19. The quantitative estimate of drug-likeness (QED) is 0.430. The van der Waals surface area contributed by atoms with Crippen molar-refractivity contribution in [3.05, 3.63) is 74.2 Å². The van der Waals surface area contributed by atoms with E-state index in [1.54, 1.807) is 18.2 Å². The number of halogens is 1. The summed E-state index contributed by atoms with van der Waals surface area (Å²) in [6, 6.07) is 14.1. The van der Waals surface area contributed by atoms with Gasteiger partial charge in [0.1, 0.15) is 0 Å². The van der Waals surface area contributed by atoms with E-state index in [2.05, 4.69) is 26.5 Å². The first kappa shape index (κ1) is 18.2. The number of nitro benzene ring substituents is 1. The van der Waals surface area contributed by atoms with Gasteiger partial charge in [0.25, 0.3) is 5.69 Å². The van der Waals surface area contributed by atoms with Gasteiger partial charge in [0, 0.05) is 16.3 Å². The Morgan fingerprint density at radius 1 is 1.29 bits per heavy atom. The SMILES string of the molecule is O=C(CSCc1cccc(Br)c1)N/N=C\c1ccccc1[N+](=O)[O-]. The van der Waals surface area contributed by atoms with Crippen molar-refractivity contribution >= 4 is 45.5 Å². The Balaban J connectivity index is 1.80. The molecule has 0 spiro atoms. The van der Waals surface area contributed by atoms with Gasteiger partial charge in [-0.2, -0.15) is 5.10 Å². The summed E-state index contributed by atoms with van der Waals surface area (Å²) in [6.07, 6.45) is 1.27. The number of hydrogen-bond acceptors (Lipinski definition) is 5. The molecule has 0 aliphatic heterocycles. The largest absolute Gasteiger partial charge is 0.278 e. The number of hydrogen-bond donors (Lipinski definition) is 1. The highest BCUT2D eigenvalue weighted by molar-refractivity contribution is 9.10. The number of rotatable bonds is 7. The van der Waals surface area contributed by atoms with Crippen molar-refractivity contribution in [1.29, 1.82) is 0 Å². The first-order valence-electron chi connectivity index (χ1n) is 6.94. The Hall–Kier alpha value is -2.19. The first-order chi connectivity index (χ1) is 11.6. The van der Waals surface area contributed by atoms with Crippen molar-refractivity contribution in [3.8, 4) is 0 Å². The Bertz CT molecular complexity index is 768. The Labute approximate surface area is 151 Å². The van der Waals surface area contributed by atoms with Crippen LogP contribution in [-0.4, -0.2) is 22.8 Å². The highest BCUT2D eigenvalue weighted by atomic mass is 79.9. The molecule has 0 aromatic heterocycles. The number of amides is 1. The van der Waals surface area contributed by atoms with Crippen molar-refractivity contribution in [2.45, 2.75) is 5.75 Å². The molecule has 8 heteroatoms. The minimum atomic E-state index is -0.489. The van der Waals surface area contributed by atoms with E-state index in [4.69, 9.17) is 0 Å². The number of nitrogens with one attached hydrogen (secondary N) is 1. The molecule has 1 N–H and O–H groups in total. The molecular formula is C16H14BrN3O3S. The lowest BCUT2D eigenvalue weighted by molar-refractivity contribution is -0.385. The molecule has 0 heterocycles. The molecule has 0 saturated heterocycles. The van der Waals surface area contributed by atoms with Crippen molar-refractivity contribution in [1.82, 2.24) is 5.43 Å². The lowest BCUT2D eigenvalue weighted by atomic mass is 10.2. The molecule has 0 fully saturated rings. The zero-order valence-corrected chi connectivity index (χ0v) is 14.9. The average molecular weight is 408 g/mol. The molecule has 24 heavy (non-hydrogen) atoms. The normalized spacial score (nSPS) is 10.7. The lowest BCUT2D eigenvalue weighted by Crippen LogP contribution is -2.19. The molecule has 2 rings (SSSR count). The van der Waals surface area contributed by atoms with Crippen LogP contribution in [0.15, 0.2) is 58.1 Å². The van der Waals surface area contributed by atoms with Crippen molar-refractivity contribution in [2.24, 2.45) is 5.10 Å². The summed E-state index contributed by atoms with van der Waals surface area (Å²) in [5.74, 6) is 0.700. The summed E-state index contributed by atoms with van der Waals surface area (Å²) >= 11 is 4.86. The van der Waals surface area contributed by atoms with Gasteiger partial charge in [0.15, 0.2) is 0 Å². The van der Waals surface area contributed by atoms with Crippen LogP contribution in [0.1, 0.15) is 11.1 Å². The van der Waals surface area contributed by atoms with E-state index < -0.39 is 4.92 Å². The molecule has 124 valence electrons. The van der Waals surface area contributed by atoms with Gasteiger partial charge in [-0.15, -0.1) is 11.8 Å². The average Bonchev–Trinajstić information content (AvgIpc) is 2.55. The Kier molecular flexibility index (Phi) is 6.95. The molecule has 0 bridgehead atoms. The van der Waals surface area contributed by atoms with Crippen molar-refractivity contribution in [3.63, 3.8) is 0 Å². The fourth-order valence-corrected chi connectivity index (χ4v) is 3.07. The molecule has 0 unspecified atom stereocenters. The number of para-hydroxylation sites is 1. The smallest absolute Gasteiger partial charge is 0.272 e. The van der Waals surface area contributed by atoms with E-state index in [0.717, 1.165) is 10.0 Å². The number of thioether (sulfide) groups is 1. The monoisotopic (exact) mass is 407 g/mol. The number of carbonyl (C=O) groups is 1. The number of nitrogens with zero attached hydrogens (tertiary/aromatic N) is 2. The van der Waals surface area contributed by atoms with Crippen LogP contribution < -0.4 is 5.43 Å². The van der Waals surface area contributed by atoms with Crippen LogP contribution in [0.2, 0.25) is 0 Å². The minimum absolute atomic E-state index is 0.0560. The Morgan fingerprint density at radius 3 is 2.83 bits per heavy atom. The molecule has 0 saturated carbocycles. The maximum absolute atomic E-state index is 11.7. The second-order valence-corrected chi connectivity index (χ2v) is 6.63. The lowest BCUT2D eigenvalue weighted by Gasteiger charge is -2.02. The van der Waals surface area contributed by atoms with Crippen LogP contribution in [0.3, 0.4) is 0 Å². The van der Waals surface area contributed by atoms with E-state index >= 15 is 0 Å². The van der Waals surface area contributed by atoms with E-state index in [1.807, 2.05) is 24.3 Å². The third-order valence-corrected chi connectivity index (χ3v) is 4.41. The number of benzene rings is 2. The summed E-state index contributed by atoms with van der Waals surface area (Å²) in [5, 5.41) is 14.6. The first-order valence-corrected chi connectivity index (χ1v) is 8.88. The van der Waals surface area contributed by atoms with Gasteiger partial charge in [0.05, 0.1) is 22.5 Å². The highest BCUT2D eigenvalue weighted by Gasteiger charge is 2.10. The van der Waals surface area contributed by atoms with E-state index in [1.165, 1.54) is 24.0 Å². The van der Waals surface area contributed by atoms with E-state index in [9.17, 15) is 14.9 Å². The summed E-state index contributed by atoms with van der Waals surface area (Å²) in [5.41, 5.74) is 3.77. The molecule has 0 atom stereocenters. The van der Waals surface area contributed by atoms with Crippen LogP contribution in [-0.2, 0) is 10.5 Å². The summed E-state index contributed by atoms with van der Waals surface area (Å²) in [4.78, 5) is 22.1. The summed E-state index contributed by atoms with van der Waals surface area (Å²) in [6.45, 7) is 0. The van der Waals surface area contributed by atoms with Gasteiger partial charge in [-0.3, -0.25) is 14.9 Å². The molecule has 0 aliphatic rings. The number of carbonyl (C=O) groups excluding carboxylic acids is 1. The minimum Gasteiger partial charge on any atom is -0.272 e. The standard InChI is InChI=1S/C16H14BrN3O3S/c17-14-6-3-4-12(8-14)10-24-11-16(21)19-18-9-13-5-1-2-7-15(13)20(22)23/h1-9H,10-11H2,(H,19,21)/b18-9-.